The van der Waals surface area contributed by atoms with Crippen LogP contribution in [0.3, 0.4) is 0 Å². The lowest BCUT2D eigenvalue weighted by Gasteiger charge is -2.30. The lowest BCUT2D eigenvalue weighted by Crippen LogP contribution is -2.40. The Morgan fingerprint density at radius 3 is 2.56 bits per heavy atom. The molecule has 0 spiro atoms. The fourth-order valence-corrected chi connectivity index (χ4v) is 3.86. The lowest BCUT2D eigenvalue weighted by molar-refractivity contribution is 0.0921. The second kappa shape index (κ2) is 8.33. The smallest absolute Gasteiger partial charge is 0.271 e. The molecule has 4 rings (SSSR count). The Hall–Kier alpha value is -2.70. The summed E-state index contributed by atoms with van der Waals surface area (Å²) in [7, 11) is 0. The summed E-state index contributed by atoms with van der Waals surface area (Å²) in [6, 6.07) is 6.49. The third-order valence-electron chi connectivity index (χ3n) is 5.36. The highest BCUT2D eigenvalue weighted by Gasteiger charge is 2.24. The molecule has 1 aliphatic carbocycles. The van der Waals surface area contributed by atoms with Crippen molar-refractivity contribution in [2.45, 2.75) is 50.6 Å². The highest BCUT2D eigenvalue weighted by Crippen LogP contribution is 2.22. The third-order valence-corrected chi connectivity index (χ3v) is 5.36. The number of amides is 1. The molecule has 0 unspecified atom stereocenters. The van der Waals surface area contributed by atoms with Crippen molar-refractivity contribution in [1.82, 2.24) is 20.3 Å². The maximum atomic E-state index is 12.6. The van der Waals surface area contributed by atoms with E-state index >= 15 is 0 Å². The van der Waals surface area contributed by atoms with Crippen molar-refractivity contribution in [3.63, 3.8) is 0 Å². The molecule has 1 amide bonds. The van der Waals surface area contributed by atoms with Crippen LogP contribution in [0.15, 0.2) is 36.8 Å². The summed E-state index contributed by atoms with van der Waals surface area (Å²) in [6.07, 6.45) is 11.4. The molecule has 2 aromatic rings. The third kappa shape index (κ3) is 4.53. The van der Waals surface area contributed by atoms with Crippen LogP contribution in [0.1, 0.15) is 49.0 Å². The molecule has 7 heteroatoms. The van der Waals surface area contributed by atoms with Gasteiger partial charge in [0.15, 0.2) is 0 Å². The fraction of sp³-hybridized carbons (Fsp3) is 0.500. The van der Waals surface area contributed by atoms with Crippen LogP contribution in [0.2, 0.25) is 0 Å². The monoisotopic (exact) mass is 366 g/mol. The highest BCUT2D eigenvalue weighted by atomic mass is 16.1. The normalized spacial score (nSPS) is 22.4. The predicted molar refractivity (Wildman–Crippen MR) is 105 cm³/mol. The maximum Gasteiger partial charge on any atom is 0.271 e. The number of aromatic nitrogens is 3. The van der Waals surface area contributed by atoms with Gasteiger partial charge in [0.25, 0.3) is 5.91 Å². The van der Waals surface area contributed by atoms with Crippen molar-refractivity contribution < 1.29 is 4.79 Å². The van der Waals surface area contributed by atoms with E-state index in [1.165, 1.54) is 12.8 Å². The minimum Gasteiger partial charge on any atom is -0.367 e. The molecule has 142 valence electrons. The molecule has 0 atom stereocenters. The van der Waals surface area contributed by atoms with Gasteiger partial charge in [0, 0.05) is 31.4 Å². The molecular formula is C20H26N6O. The van der Waals surface area contributed by atoms with Gasteiger partial charge in [-0.1, -0.05) is 6.07 Å². The minimum atomic E-state index is -0.121. The molecule has 3 heterocycles. The zero-order chi connectivity index (χ0) is 18.5. The molecule has 2 aliphatic rings. The Morgan fingerprint density at radius 2 is 1.81 bits per heavy atom. The number of anilines is 2. The van der Waals surface area contributed by atoms with Crippen molar-refractivity contribution in [3.8, 4) is 0 Å². The summed E-state index contributed by atoms with van der Waals surface area (Å²) >= 11 is 0. The van der Waals surface area contributed by atoms with Gasteiger partial charge in [0.05, 0.1) is 12.4 Å². The summed E-state index contributed by atoms with van der Waals surface area (Å²) in [5, 5.41) is 6.61. The van der Waals surface area contributed by atoms with Gasteiger partial charge in [0.2, 0.25) is 0 Å². The van der Waals surface area contributed by atoms with Gasteiger partial charge in [-0.25, -0.2) is 9.97 Å². The molecule has 0 bridgehead atoms. The van der Waals surface area contributed by atoms with Crippen LogP contribution < -0.4 is 15.5 Å². The largest absolute Gasteiger partial charge is 0.367 e. The van der Waals surface area contributed by atoms with Crippen molar-refractivity contribution >= 4 is 17.5 Å². The van der Waals surface area contributed by atoms with Crippen LogP contribution in [0.25, 0.3) is 0 Å². The molecule has 0 radical (unpaired) electrons. The average Bonchev–Trinajstić information content (AvgIpc) is 3.25. The first-order valence-corrected chi connectivity index (χ1v) is 9.83. The van der Waals surface area contributed by atoms with Gasteiger partial charge in [-0.15, -0.1) is 0 Å². The second-order valence-corrected chi connectivity index (χ2v) is 7.34. The Balaban J connectivity index is 1.29. The number of hydrogen-bond acceptors (Lipinski definition) is 6. The Morgan fingerprint density at radius 1 is 1.04 bits per heavy atom. The molecule has 1 saturated carbocycles. The topological polar surface area (TPSA) is 83.0 Å². The van der Waals surface area contributed by atoms with Crippen molar-refractivity contribution in [1.29, 1.82) is 0 Å². The fourth-order valence-electron chi connectivity index (χ4n) is 3.86. The molecule has 27 heavy (non-hydrogen) atoms. The van der Waals surface area contributed by atoms with Crippen molar-refractivity contribution in [2.75, 3.05) is 23.3 Å². The van der Waals surface area contributed by atoms with E-state index in [2.05, 4.69) is 30.5 Å². The van der Waals surface area contributed by atoms with Crippen LogP contribution in [-0.4, -0.2) is 46.0 Å². The van der Waals surface area contributed by atoms with Crippen molar-refractivity contribution in [3.05, 3.63) is 42.5 Å². The SMILES string of the molecule is O=C(NC1CCC(Nc2ccccn2)CC1)c1cncc(N2CCCC2)n1. The number of pyridine rings is 1. The first kappa shape index (κ1) is 17.7. The van der Waals surface area contributed by atoms with Gasteiger partial charge < -0.3 is 15.5 Å². The molecule has 0 aromatic carbocycles. The highest BCUT2D eigenvalue weighted by molar-refractivity contribution is 5.92. The van der Waals surface area contributed by atoms with Gasteiger partial charge in [-0.05, 0) is 50.7 Å². The van der Waals surface area contributed by atoms with Gasteiger partial charge in [-0.3, -0.25) is 9.78 Å². The van der Waals surface area contributed by atoms with E-state index < -0.39 is 0 Å². The van der Waals surface area contributed by atoms with Gasteiger partial charge in [0.1, 0.15) is 17.3 Å². The van der Waals surface area contributed by atoms with Crippen LogP contribution in [0, 0.1) is 0 Å². The standard InChI is InChI=1S/C20H26N6O/c27-20(17-13-21-14-19(25-17)26-11-3-4-12-26)24-16-8-6-15(7-9-16)23-18-5-1-2-10-22-18/h1-2,5,10,13-16H,3-4,6-9,11-12H2,(H,22,23)(H,24,27). The number of carbonyl (C=O) groups is 1. The Bertz CT molecular complexity index is 754. The molecule has 2 aromatic heterocycles. The summed E-state index contributed by atoms with van der Waals surface area (Å²) in [4.78, 5) is 27.9. The van der Waals surface area contributed by atoms with E-state index in [4.69, 9.17) is 0 Å². The quantitative estimate of drug-likeness (QED) is 0.846. The Labute approximate surface area is 159 Å². The zero-order valence-electron chi connectivity index (χ0n) is 15.5. The van der Waals surface area contributed by atoms with Crippen LogP contribution in [-0.2, 0) is 0 Å². The molecule has 7 nitrogen and oxygen atoms in total. The molecule has 1 saturated heterocycles. The average molecular weight is 366 g/mol. The zero-order valence-corrected chi connectivity index (χ0v) is 15.5. The number of nitrogens with zero attached hydrogens (tertiary/aromatic N) is 4. The summed E-state index contributed by atoms with van der Waals surface area (Å²) in [6.45, 7) is 1.99. The minimum absolute atomic E-state index is 0.121. The van der Waals surface area contributed by atoms with Gasteiger partial charge in [-0.2, -0.15) is 0 Å². The maximum absolute atomic E-state index is 12.6. The number of rotatable bonds is 5. The summed E-state index contributed by atoms with van der Waals surface area (Å²) in [5.74, 6) is 1.60. The lowest BCUT2D eigenvalue weighted by atomic mass is 9.91. The van der Waals surface area contributed by atoms with E-state index in [1.54, 1.807) is 18.6 Å². The molecule has 1 aliphatic heterocycles. The molecular weight excluding hydrogens is 340 g/mol. The second-order valence-electron chi connectivity index (χ2n) is 7.34. The summed E-state index contributed by atoms with van der Waals surface area (Å²) in [5.41, 5.74) is 0.410. The first-order valence-electron chi connectivity index (χ1n) is 9.83. The summed E-state index contributed by atoms with van der Waals surface area (Å²) < 4.78 is 0. The van der Waals surface area contributed by atoms with Crippen molar-refractivity contribution in [2.24, 2.45) is 0 Å². The van der Waals surface area contributed by atoms with Gasteiger partial charge >= 0.3 is 0 Å². The van der Waals surface area contributed by atoms with Crippen LogP contribution >= 0.6 is 0 Å². The number of hydrogen-bond donors (Lipinski definition) is 2. The predicted octanol–water partition coefficient (Wildman–Crippen LogP) is 2.62. The molecule has 2 fully saturated rings. The molecule has 2 N–H and O–H groups in total. The van der Waals surface area contributed by atoms with E-state index in [1.807, 2.05) is 18.2 Å². The van der Waals surface area contributed by atoms with E-state index in [-0.39, 0.29) is 11.9 Å². The number of nitrogens with one attached hydrogen (secondary N) is 2. The van der Waals surface area contributed by atoms with E-state index in [0.717, 1.165) is 50.4 Å². The first-order chi connectivity index (χ1) is 13.3. The van der Waals surface area contributed by atoms with E-state index in [0.29, 0.717) is 11.7 Å². The van der Waals surface area contributed by atoms with Crippen LogP contribution in [0.5, 0.6) is 0 Å². The van der Waals surface area contributed by atoms with E-state index in [9.17, 15) is 4.79 Å². The number of carbonyl (C=O) groups excluding carboxylic acids is 1. The van der Waals surface area contributed by atoms with Crippen LogP contribution in [0.4, 0.5) is 11.6 Å². The Kier molecular flexibility index (Phi) is 5.46.